The van der Waals surface area contributed by atoms with Gasteiger partial charge in [-0.15, -0.1) is 0 Å². The van der Waals surface area contributed by atoms with E-state index in [9.17, 15) is 14.0 Å². The molecule has 2 heterocycles. The normalized spacial score (nSPS) is 21.0. The summed E-state index contributed by atoms with van der Waals surface area (Å²) in [5.74, 6) is -0.995. The zero-order valence-electron chi connectivity index (χ0n) is 11.6. The Kier molecular flexibility index (Phi) is 3.62. The fourth-order valence-electron chi connectivity index (χ4n) is 2.51. The largest absolute Gasteiger partial charge is 0.444 e. The number of carbonyl (C=O) groups excluding carboxylic acids is 2. The molecule has 22 heavy (non-hydrogen) atoms. The summed E-state index contributed by atoms with van der Waals surface area (Å²) in [5, 5.41) is 0. The lowest BCUT2D eigenvalue weighted by molar-refractivity contribution is -0.121. The van der Waals surface area contributed by atoms with Crippen molar-refractivity contribution in [1.82, 2.24) is 9.88 Å². The van der Waals surface area contributed by atoms with Crippen LogP contribution in [0.1, 0.15) is 16.9 Å². The van der Waals surface area contributed by atoms with Gasteiger partial charge in [0.05, 0.1) is 6.54 Å². The molecule has 7 heteroatoms. The number of benzene rings is 1. The minimum atomic E-state index is -1.26. The van der Waals surface area contributed by atoms with Crippen LogP contribution in [-0.2, 0) is 4.79 Å². The summed E-state index contributed by atoms with van der Waals surface area (Å²) in [6.45, 7) is -0.167. The van der Waals surface area contributed by atoms with Crippen LogP contribution in [0.2, 0.25) is 0 Å². The zero-order chi connectivity index (χ0) is 15.7. The van der Waals surface area contributed by atoms with Crippen molar-refractivity contribution in [1.29, 1.82) is 0 Å². The van der Waals surface area contributed by atoms with E-state index in [-0.39, 0.29) is 24.6 Å². The number of alkyl halides is 1. The lowest BCUT2D eigenvalue weighted by atomic mass is 10.2. The highest BCUT2D eigenvalue weighted by molar-refractivity contribution is 5.96. The minimum Gasteiger partial charge on any atom is -0.444 e. The van der Waals surface area contributed by atoms with Gasteiger partial charge in [-0.25, -0.2) is 9.37 Å². The van der Waals surface area contributed by atoms with Crippen LogP contribution in [0.5, 0.6) is 0 Å². The van der Waals surface area contributed by atoms with Crippen molar-refractivity contribution in [3.05, 3.63) is 42.3 Å². The predicted molar refractivity (Wildman–Crippen MR) is 75.5 cm³/mol. The molecule has 6 nitrogen and oxygen atoms in total. The molecule has 3 rings (SSSR count). The Morgan fingerprint density at radius 2 is 2.05 bits per heavy atom. The van der Waals surface area contributed by atoms with Gasteiger partial charge in [-0.2, -0.15) is 0 Å². The smallest absolute Gasteiger partial charge is 0.276 e. The van der Waals surface area contributed by atoms with Gasteiger partial charge in [-0.05, 0) is 12.1 Å². The fourth-order valence-corrected chi connectivity index (χ4v) is 2.51. The number of nitrogens with zero attached hydrogens (tertiary/aromatic N) is 2. The lowest BCUT2D eigenvalue weighted by Crippen LogP contribution is -2.43. The first kappa shape index (κ1) is 14.2. The third-order valence-corrected chi connectivity index (χ3v) is 3.58. The Labute approximate surface area is 125 Å². The highest BCUT2D eigenvalue weighted by Crippen LogP contribution is 2.24. The highest BCUT2D eigenvalue weighted by atomic mass is 19.1. The van der Waals surface area contributed by atoms with Crippen molar-refractivity contribution < 1.29 is 18.4 Å². The molecular weight excluding hydrogens is 289 g/mol. The number of hydrogen-bond donors (Lipinski definition) is 1. The summed E-state index contributed by atoms with van der Waals surface area (Å²) < 4.78 is 18.8. The van der Waals surface area contributed by atoms with E-state index in [0.717, 1.165) is 10.5 Å². The molecule has 0 bridgehead atoms. The molecule has 2 aromatic rings. The van der Waals surface area contributed by atoms with Gasteiger partial charge in [0.25, 0.3) is 5.91 Å². The second-order valence-electron chi connectivity index (χ2n) is 5.11. The van der Waals surface area contributed by atoms with Gasteiger partial charge in [-0.3, -0.25) is 9.59 Å². The number of hydrogen-bond acceptors (Lipinski definition) is 4. The molecule has 0 aliphatic carbocycles. The van der Waals surface area contributed by atoms with Crippen molar-refractivity contribution in [2.45, 2.75) is 18.6 Å². The molecule has 1 fully saturated rings. The Morgan fingerprint density at radius 1 is 1.32 bits per heavy atom. The number of amides is 2. The van der Waals surface area contributed by atoms with Gasteiger partial charge in [0.1, 0.15) is 18.5 Å². The van der Waals surface area contributed by atoms with E-state index < -0.39 is 24.0 Å². The van der Waals surface area contributed by atoms with Crippen LogP contribution in [0.25, 0.3) is 11.5 Å². The second-order valence-corrected chi connectivity index (χ2v) is 5.11. The molecule has 2 amide bonds. The van der Waals surface area contributed by atoms with Gasteiger partial charge in [-0.1, -0.05) is 18.2 Å². The van der Waals surface area contributed by atoms with Crippen LogP contribution in [0.15, 0.2) is 41.0 Å². The average Bonchev–Trinajstić information content (AvgIpc) is 3.14. The van der Waals surface area contributed by atoms with Crippen LogP contribution >= 0.6 is 0 Å². The first-order valence-electron chi connectivity index (χ1n) is 6.81. The molecule has 1 saturated heterocycles. The molecule has 1 aliphatic rings. The van der Waals surface area contributed by atoms with E-state index >= 15 is 0 Å². The van der Waals surface area contributed by atoms with Crippen molar-refractivity contribution in [3.63, 3.8) is 0 Å². The van der Waals surface area contributed by atoms with E-state index in [1.54, 1.807) is 12.1 Å². The number of rotatable bonds is 3. The Hall–Kier alpha value is -2.70. The number of oxazole rings is 1. The summed E-state index contributed by atoms with van der Waals surface area (Å²) in [6, 6.07) is 8.12. The molecule has 0 unspecified atom stereocenters. The van der Waals surface area contributed by atoms with Crippen molar-refractivity contribution in [3.8, 4) is 11.5 Å². The number of nitrogens with two attached hydrogens (primary N) is 1. The lowest BCUT2D eigenvalue weighted by Gasteiger charge is -2.20. The molecule has 1 aromatic carbocycles. The van der Waals surface area contributed by atoms with Crippen molar-refractivity contribution in [2.75, 3.05) is 6.54 Å². The molecule has 2 atom stereocenters. The molecule has 0 spiro atoms. The van der Waals surface area contributed by atoms with Gasteiger partial charge < -0.3 is 15.1 Å². The van der Waals surface area contributed by atoms with E-state index in [4.69, 9.17) is 10.2 Å². The van der Waals surface area contributed by atoms with Crippen LogP contribution in [0.4, 0.5) is 4.39 Å². The molecule has 2 N–H and O–H groups in total. The van der Waals surface area contributed by atoms with Crippen molar-refractivity contribution >= 4 is 11.8 Å². The maximum atomic E-state index is 13.5. The van der Waals surface area contributed by atoms with Gasteiger partial charge in [0.15, 0.2) is 5.69 Å². The molecule has 1 aliphatic heterocycles. The Bertz CT molecular complexity index is 701. The summed E-state index contributed by atoms with van der Waals surface area (Å²) >= 11 is 0. The maximum Gasteiger partial charge on any atom is 0.276 e. The first-order valence-corrected chi connectivity index (χ1v) is 6.81. The number of carbonyl (C=O) groups is 2. The Balaban J connectivity index is 1.84. The summed E-state index contributed by atoms with van der Waals surface area (Å²) in [5.41, 5.74) is 5.97. The standard InChI is InChI=1S/C15H14FN3O3/c16-10-6-12(13(17)20)19(7-10)15(21)11-8-22-14(18-11)9-4-2-1-3-5-9/h1-5,8,10,12H,6-7H2,(H2,17,20)/t10-,12+/m1/s1. The summed E-state index contributed by atoms with van der Waals surface area (Å²) in [7, 11) is 0. The van der Waals surface area contributed by atoms with Crippen LogP contribution in [0, 0.1) is 0 Å². The Morgan fingerprint density at radius 3 is 2.73 bits per heavy atom. The van der Waals surface area contributed by atoms with Gasteiger partial charge in [0.2, 0.25) is 11.8 Å². The minimum absolute atomic E-state index is 0.0270. The number of halogens is 1. The first-order chi connectivity index (χ1) is 10.6. The topological polar surface area (TPSA) is 89.4 Å². The SMILES string of the molecule is NC(=O)[C@@H]1C[C@@H](F)CN1C(=O)c1coc(-c2ccccc2)n1. The molecule has 1 aromatic heterocycles. The van der Waals surface area contributed by atoms with Gasteiger partial charge >= 0.3 is 0 Å². The van der Waals surface area contributed by atoms with E-state index in [2.05, 4.69) is 4.98 Å². The second kappa shape index (κ2) is 5.59. The number of aromatic nitrogens is 1. The summed E-state index contributed by atoms with van der Waals surface area (Å²) in [4.78, 5) is 28.9. The monoisotopic (exact) mass is 303 g/mol. The molecule has 0 radical (unpaired) electrons. The van der Waals surface area contributed by atoms with Crippen LogP contribution in [0.3, 0.4) is 0 Å². The zero-order valence-corrected chi connectivity index (χ0v) is 11.6. The molecule has 0 saturated carbocycles. The molecular formula is C15H14FN3O3. The van der Waals surface area contributed by atoms with Crippen LogP contribution < -0.4 is 5.73 Å². The summed E-state index contributed by atoms with van der Waals surface area (Å²) in [6.07, 6.45) is -0.138. The van der Waals surface area contributed by atoms with Gasteiger partial charge in [0, 0.05) is 12.0 Å². The number of primary amides is 1. The van der Waals surface area contributed by atoms with E-state index in [1.807, 2.05) is 18.2 Å². The predicted octanol–water partition coefficient (Wildman–Crippen LogP) is 1.38. The average molecular weight is 303 g/mol. The quantitative estimate of drug-likeness (QED) is 0.927. The maximum absolute atomic E-state index is 13.5. The van der Waals surface area contributed by atoms with E-state index in [1.165, 1.54) is 6.26 Å². The van der Waals surface area contributed by atoms with Crippen LogP contribution in [-0.4, -0.2) is 40.5 Å². The number of likely N-dealkylation sites (tertiary alicyclic amines) is 1. The third-order valence-electron chi connectivity index (χ3n) is 3.58. The highest BCUT2D eigenvalue weighted by Gasteiger charge is 2.39. The molecule has 114 valence electrons. The van der Waals surface area contributed by atoms with Crippen molar-refractivity contribution in [2.24, 2.45) is 5.73 Å². The third kappa shape index (κ3) is 2.57. The fraction of sp³-hybridized carbons (Fsp3) is 0.267. The van der Waals surface area contributed by atoms with E-state index in [0.29, 0.717) is 0 Å².